The van der Waals surface area contributed by atoms with Gasteiger partial charge in [0.15, 0.2) is 0 Å². The van der Waals surface area contributed by atoms with E-state index in [4.69, 9.17) is 0 Å². The number of thiazole rings is 1. The summed E-state index contributed by atoms with van der Waals surface area (Å²) in [5.74, 6) is -1.91. The third kappa shape index (κ3) is 6.38. The lowest BCUT2D eigenvalue weighted by atomic mass is 9.73. The number of ether oxygens (including phenoxy) is 1. The number of pyridine rings is 1. The van der Waals surface area contributed by atoms with Crippen LogP contribution < -0.4 is 4.74 Å². The molecule has 182 valence electrons. The zero-order valence-electron chi connectivity index (χ0n) is 18.2. The van der Waals surface area contributed by atoms with Crippen molar-refractivity contribution >= 4 is 17.3 Å². The minimum atomic E-state index is -4.72. The molecule has 0 saturated carbocycles. The highest BCUT2D eigenvalue weighted by atomic mass is 32.1. The number of likely N-dealkylation sites (tertiary alicyclic amines) is 1. The van der Waals surface area contributed by atoms with Gasteiger partial charge in [0.2, 0.25) is 5.88 Å². The number of aromatic nitrogens is 2. The number of alkyl halides is 5. The summed E-state index contributed by atoms with van der Waals surface area (Å²) in [6.45, 7) is 4.22. The van der Waals surface area contributed by atoms with E-state index in [9.17, 15) is 31.9 Å². The molecule has 1 N–H and O–H groups in total. The maximum absolute atomic E-state index is 13.1. The van der Waals surface area contributed by atoms with E-state index in [1.807, 2.05) is 4.90 Å². The van der Waals surface area contributed by atoms with Crippen LogP contribution in [0.4, 0.5) is 22.0 Å². The van der Waals surface area contributed by atoms with Crippen LogP contribution in [0.3, 0.4) is 0 Å². The Morgan fingerprint density at radius 2 is 1.94 bits per heavy atom. The first-order chi connectivity index (χ1) is 15.2. The van der Waals surface area contributed by atoms with Crippen LogP contribution in [-0.4, -0.2) is 45.6 Å². The summed E-state index contributed by atoms with van der Waals surface area (Å²) in [5.41, 5.74) is -1.49. The van der Waals surface area contributed by atoms with Crippen molar-refractivity contribution in [2.24, 2.45) is 17.3 Å². The maximum Gasteiger partial charge on any atom is 0.417 e. The van der Waals surface area contributed by atoms with Gasteiger partial charge in [-0.25, -0.2) is 9.97 Å². The molecule has 0 spiro atoms. The van der Waals surface area contributed by atoms with E-state index in [0.717, 1.165) is 11.3 Å². The summed E-state index contributed by atoms with van der Waals surface area (Å²) in [6.07, 6.45) is -2.27. The number of hydrogen-bond donors (Lipinski definition) is 1. The Balaban J connectivity index is 1.86. The Morgan fingerprint density at radius 3 is 2.52 bits per heavy atom. The molecule has 2 aromatic rings. The topological polar surface area (TPSA) is 75.5 Å². The third-order valence-electron chi connectivity index (χ3n) is 5.64. The number of hydrogen-bond acceptors (Lipinski definition) is 6. The number of piperidine rings is 1. The first-order valence-corrected chi connectivity index (χ1v) is 11.0. The fourth-order valence-electron chi connectivity index (χ4n) is 3.79. The average Bonchev–Trinajstić information content (AvgIpc) is 3.14. The number of rotatable bonds is 6. The molecule has 2 atom stereocenters. The molecule has 3 heterocycles. The minimum Gasteiger partial charge on any atom is -0.481 e. The van der Waals surface area contributed by atoms with Gasteiger partial charge in [0.05, 0.1) is 17.0 Å². The minimum absolute atomic E-state index is 0.0541. The first-order valence-electron chi connectivity index (χ1n) is 10.2. The Hall–Kier alpha value is -2.34. The van der Waals surface area contributed by atoms with Crippen LogP contribution in [0.5, 0.6) is 5.88 Å². The van der Waals surface area contributed by atoms with E-state index in [1.54, 1.807) is 0 Å². The van der Waals surface area contributed by atoms with Gasteiger partial charge in [-0.1, -0.05) is 20.8 Å². The number of carboxylic acid groups (broad SMARTS) is 1. The van der Waals surface area contributed by atoms with Crippen LogP contribution in [0, 0.1) is 17.3 Å². The Bertz CT molecular complexity index is 990. The highest BCUT2D eigenvalue weighted by molar-refractivity contribution is 7.15. The van der Waals surface area contributed by atoms with Crippen LogP contribution in [0.1, 0.15) is 37.6 Å². The second-order valence-electron chi connectivity index (χ2n) is 9.11. The van der Waals surface area contributed by atoms with Gasteiger partial charge in [-0.05, 0) is 23.8 Å². The van der Waals surface area contributed by atoms with Crippen molar-refractivity contribution in [1.29, 1.82) is 0 Å². The molecule has 0 aliphatic carbocycles. The van der Waals surface area contributed by atoms with Gasteiger partial charge in [-0.3, -0.25) is 9.69 Å². The lowest BCUT2D eigenvalue weighted by Gasteiger charge is -2.42. The standard InChI is InChI=1S/C21H24F5N3O3S/c1-20(2,3)13-4-11(18(30)31)8-29(9-13)10-14-7-28-17(33-14)15-5-12(21(24,25)26)6-27-16(15)32-19(22)23/h5-7,11,13,19H,4,8-10H2,1-3H3,(H,30,31)/t11-,13-/m1/s1. The largest absolute Gasteiger partial charge is 0.481 e. The zero-order valence-corrected chi connectivity index (χ0v) is 19.0. The second kappa shape index (κ2) is 9.49. The summed E-state index contributed by atoms with van der Waals surface area (Å²) < 4.78 is 69.2. The highest BCUT2D eigenvalue weighted by Crippen LogP contribution is 2.39. The van der Waals surface area contributed by atoms with Gasteiger partial charge >= 0.3 is 18.8 Å². The van der Waals surface area contributed by atoms with Crippen molar-refractivity contribution in [2.75, 3.05) is 13.1 Å². The monoisotopic (exact) mass is 493 g/mol. The lowest BCUT2D eigenvalue weighted by molar-refractivity contribution is -0.145. The summed E-state index contributed by atoms with van der Waals surface area (Å²) in [6, 6.07) is 0.685. The molecular formula is C21H24F5N3O3S. The summed E-state index contributed by atoms with van der Waals surface area (Å²) in [7, 11) is 0. The van der Waals surface area contributed by atoms with Gasteiger partial charge in [0.1, 0.15) is 5.01 Å². The normalized spacial score (nSPS) is 20.3. The zero-order chi connectivity index (χ0) is 24.6. The molecule has 12 heteroatoms. The molecular weight excluding hydrogens is 469 g/mol. The molecule has 3 rings (SSSR count). The van der Waals surface area contributed by atoms with Crippen LogP contribution in [0.25, 0.3) is 10.6 Å². The van der Waals surface area contributed by atoms with Crippen molar-refractivity contribution < 1.29 is 36.6 Å². The molecule has 0 unspecified atom stereocenters. The molecule has 1 fully saturated rings. The predicted octanol–water partition coefficient (Wildman–Crippen LogP) is 5.39. The molecule has 0 amide bonds. The van der Waals surface area contributed by atoms with Gasteiger partial charge in [0, 0.05) is 36.9 Å². The summed E-state index contributed by atoms with van der Waals surface area (Å²) >= 11 is 1.03. The van der Waals surface area contributed by atoms with Crippen molar-refractivity contribution in [3.05, 3.63) is 28.9 Å². The maximum atomic E-state index is 13.1. The molecule has 1 aliphatic rings. The lowest BCUT2D eigenvalue weighted by Crippen LogP contribution is -2.46. The Labute approximate surface area is 191 Å². The van der Waals surface area contributed by atoms with Crippen molar-refractivity contribution in [1.82, 2.24) is 14.9 Å². The fraction of sp³-hybridized carbons (Fsp3) is 0.571. The van der Waals surface area contributed by atoms with E-state index in [1.165, 1.54) is 6.20 Å². The van der Waals surface area contributed by atoms with Crippen LogP contribution >= 0.6 is 11.3 Å². The molecule has 0 radical (unpaired) electrons. The summed E-state index contributed by atoms with van der Waals surface area (Å²) in [4.78, 5) is 21.8. The van der Waals surface area contributed by atoms with Gasteiger partial charge in [-0.15, -0.1) is 11.3 Å². The number of carboxylic acids is 1. The molecule has 6 nitrogen and oxygen atoms in total. The van der Waals surface area contributed by atoms with Gasteiger partial charge < -0.3 is 9.84 Å². The molecule has 0 aromatic carbocycles. The quantitative estimate of drug-likeness (QED) is 0.544. The molecule has 1 saturated heterocycles. The van der Waals surface area contributed by atoms with E-state index in [0.29, 0.717) is 43.2 Å². The SMILES string of the molecule is CC(C)(C)[C@@H]1C[C@@H](C(=O)O)CN(Cc2cnc(-c3cc(C(F)(F)F)cnc3OC(F)F)s2)C1. The first kappa shape index (κ1) is 25.3. The van der Waals surface area contributed by atoms with E-state index in [2.05, 4.69) is 35.5 Å². The molecule has 0 bridgehead atoms. The summed E-state index contributed by atoms with van der Waals surface area (Å²) in [5, 5.41) is 9.60. The van der Waals surface area contributed by atoms with E-state index < -0.39 is 36.1 Å². The molecule has 2 aromatic heterocycles. The van der Waals surface area contributed by atoms with Crippen LogP contribution in [-0.2, 0) is 17.5 Å². The predicted molar refractivity (Wildman–Crippen MR) is 111 cm³/mol. The molecule has 1 aliphatic heterocycles. The van der Waals surface area contributed by atoms with Crippen LogP contribution in [0.15, 0.2) is 18.5 Å². The van der Waals surface area contributed by atoms with Gasteiger partial charge in [-0.2, -0.15) is 22.0 Å². The fourth-order valence-corrected chi connectivity index (χ4v) is 4.75. The Kier molecular flexibility index (Phi) is 7.27. The smallest absolute Gasteiger partial charge is 0.417 e. The second-order valence-corrected chi connectivity index (χ2v) is 10.2. The number of carbonyl (C=O) groups is 1. The highest BCUT2D eigenvalue weighted by Gasteiger charge is 2.37. The number of nitrogens with zero attached hydrogens (tertiary/aromatic N) is 3. The van der Waals surface area contributed by atoms with E-state index >= 15 is 0 Å². The average molecular weight is 493 g/mol. The Morgan fingerprint density at radius 1 is 1.24 bits per heavy atom. The van der Waals surface area contributed by atoms with Crippen molar-refractivity contribution in [3.8, 4) is 16.5 Å². The number of halogens is 5. The van der Waals surface area contributed by atoms with Crippen LogP contribution in [0.2, 0.25) is 0 Å². The third-order valence-corrected chi connectivity index (χ3v) is 6.66. The molecule has 33 heavy (non-hydrogen) atoms. The van der Waals surface area contributed by atoms with Crippen molar-refractivity contribution in [3.63, 3.8) is 0 Å². The number of aliphatic carboxylic acids is 1. The van der Waals surface area contributed by atoms with Gasteiger partial charge in [0.25, 0.3) is 0 Å². The van der Waals surface area contributed by atoms with E-state index in [-0.39, 0.29) is 21.9 Å². The van der Waals surface area contributed by atoms with Crippen molar-refractivity contribution in [2.45, 2.75) is 46.5 Å².